The van der Waals surface area contributed by atoms with Crippen LogP contribution in [0.2, 0.25) is 0 Å². The number of hydrogen-bond acceptors (Lipinski definition) is 5. The standard InChI is InChI=1S/C26H35N3O4/c1-26(2,3)33-25(31)29-17-19-7-5-18(6-8-19)16-28-24(30)21-13-14-27-23(15-21)20-9-11-22(32-4)12-10-20/h9-15,18-19H,5-8,16-17H2,1-4H3,(H,28,30)(H,29,31)/t18-,19-. The number of alkyl carbamates (subject to hydrolysis) is 1. The van der Waals surface area contributed by atoms with Gasteiger partial charge in [-0.1, -0.05) is 0 Å². The Morgan fingerprint density at radius 2 is 1.58 bits per heavy atom. The maximum Gasteiger partial charge on any atom is 0.407 e. The predicted molar refractivity (Wildman–Crippen MR) is 128 cm³/mol. The molecule has 1 aromatic carbocycles. The molecule has 1 fully saturated rings. The molecule has 1 heterocycles. The van der Waals surface area contributed by atoms with Crippen LogP contribution < -0.4 is 15.4 Å². The topological polar surface area (TPSA) is 89.6 Å². The molecule has 2 amide bonds. The van der Waals surface area contributed by atoms with Crippen molar-refractivity contribution in [2.24, 2.45) is 11.8 Å². The number of carbonyl (C=O) groups is 2. The Hall–Kier alpha value is -3.09. The number of aromatic nitrogens is 1. The molecule has 1 aliphatic carbocycles. The molecule has 0 bridgehead atoms. The van der Waals surface area contributed by atoms with Crippen molar-refractivity contribution in [3.63, 3.8) is 0 Å². The largest absolute Gasteiger partial charge is 0.497 e. The number of hydrogen-bond donors (Lipinski definition) is 2. The first-order valence-electron chi connectivity index (χ1n) is 11.6. The molecule has 1 aromatic heterocycles. The number of nitrogens with one attached hydrogen (secondary N) is 2. The summed E-state index contributed by atoms with van der Waals surface area (Å²) in [7, 11) is 1.63. The van der Waals surface area contributed by atoms with Crippen molar-refractivity contribution < 1.29 is 19.1 Å². The number of pyridine rings is 1. The highest BCUT2D eigenvalue weighted by Crippen LogP contribution is 2.28. The van der Waals surface area contributed by atoms with Crippen molar-refractivity contribution >= 4 is 12.0 Å². The Bertz CT molecular complexity index is 929. The maximum absolute atomic E-state index is 12.7. The summed E-state index contributed by atoms with van der Waals surface area (Å²) in [5, 5.41) is 5.96. The first kappa shape index (κ1) is 24.6. The number of amides is 2. The van der Waals surface area contributed by atoms with E-state index in [2.05, 4.69) is 15.6 Å². The van der Waals surface area contributed by atoms with Crippen molar-refractivity contribution in [1.29, 1.82) is 0 Å². The lowest BCUT2D eigenvalue weighted by Crippen LogP contribution is -2.37. The van der Waals surface area contributed by atoms with Crippen LogP contribution in [0.15, 0.2) is 42.6 Å². The predicted octanol–water partition coefficient (Wildman–Crippen LogP) is 4.82. The third-order valence-corrected chi connectivity index (χ3v) is 5.86. The summed E-state index contributed by atoms with van der Waals surface area (Å²) in [6.07, 6.45) is 5.45. The van der Waals surface area contributed by atoms with Crippen molar-refractivity contribution in [3.05, 3.63) is 48.2 Å². The Balaban J connectivity index is 1.43. The van der Waals surface area contributed by atoms with Gasteiger partial charge in [0.05, 0.1) is 12.8 Å². The molecule has 0 radical (unpaired) electrons. The highest BCUT2D eigenvalue weighted by atomic mass is 16.6. The van der Waals surface area contributed by atoms with Gasteiger partial charge >= 0.3 is 6.09 Å². The SMILES string of the molecule is COc1ccc(-c2cc(C(=O)NC[C@H]3CC[C@H](CNC(=O)OC(C)(C)C)CC3)ccn2)cc1. The van der Waals surface area contributed by atoms with Gasteiger partial charge in [-0.2, -0.15) is 0 Å². The van der Waals surface area contributed by atoms with Crippen LogP contribution >= 0.6 is 0 Å². The summed E-state index contributed by atoms with van der Waals surface area (Å²) < 4.78 is 10.5. The zero-order valence-electron chi connectivity index (χ0n) is 20.0. The van der Waals surface area contributed by atoms with Crippen LogP contribution in [-0.2, 0) is 4.74 Å². The second kappa shape index (κ2) is 11.2. The van der Waals surface area contributed by atoms with Crippen molar-refractivity contribution in [3.8, 4) is 17.0 Å². The lowest BCUT2D eigenvalue weighted by atomic mass is 9.82. The average Bonchev–Trinajstić information content (AvgIpc) is 2.81. The average molecular weight is 454 g/mol. The molecule has 1 aliphatic rings. The molecule has 7 nitrogen and oxygen atoms in total. The number of benzene rings is 1. The second-order valence-corrected chi connectivity index (χ2v) is 9.64. The molecule has 1 saturated carbocycles. The minimum Gasteiger partial charge on any atom is -0.497 e. The van der Waals surface area contributed by atoms with Crippen LogP contribution in [-0.4, -0.2) is 42.8 Å². The molecular formula is C26H35N3O4. The summed E-state index contributed by atoms with van der Waals surface area (Å²) in [4.78, 5) is 28.9. The highest BCUT2D eigenvalue weighted by molar-refractivity contribution is 5.95. The van der Waals surface area contributed by atoms with Gasteiger partial charge in [0, 0.05) is 30.4 Å². The van der Waals surface area contributed by atoms with Gasteiger partial charge in [-0.3, -0.25) is 9.78 Å². The van der Waals surface area contributed by atoms with Gasteiger partial charge in [0.15, 0.2) is 0 Å². The van der Waals surface area contributed by atoms with E-state index >= 15 is 0 Å². The van der Waals surface area contributed by atoms with Gasteiger partial charge in [-0.05, 0) is 94.7 Å². The number of ether oxygens (including phenoxy) is 2. The van der Waals surface area contributed by atoms with E-state index in [-0.39, 0.29) is 12.0 Å². The van der Waals surface area contributed by atoms with Crippen LogP contribution in [0.4, 0.5) is 4.79 Å². The highest BCUT2D eigenvalue weighted by Gasteiger charge is 2.23. The lowest BCUT2D eigenvalue weighted by molar-refractivity contribution is 0.0512. The number of carbonyl (C=O) groups excluding carboxylic acids is 2. The summed E-state index contributed by atoms with van der Waals surface area (Å²) in [5.74, 6) is 1.61. The van der Waals surface area contributed by atoms with Gasteiger partial charge in [-0.15, -0.1) is 0 Å². The van der Waals surface area contributed by atoms with Gasteiger partial charge < -0.3 is 20.1 Å². The van der Waals surface area contributed by atoms with E-state index in [9.17, 15) is 9.59 Å². The van der Waals surface area contributed by atoms with Crippen LogP contribution in [0, 0.1) is 11.8 Å². The molecule has 33 heavy (non-hydrogen) atoms. The normalized spacial score (nSPS) is 18.3. The van der Waals surface area contributed by atoms with E-state index in [0.717, 1.165) is 42.7 Å². The first-order chi connectivity index (χ1) is 15.7. The van der Waals surface area contributed by atoms with E-state index in [0.29, 0.717) is 30.5 Å². The molecule has 2 N–H and O–H groups in total. The summed E-state index contributed by atoms with van der Waals surface area (Å²) >= 11 is 0. The third-order valence-electron chi connectivity index (χ3n) is 5.86. The van der Waals surface area contributed by atoms with Crippen molar-refractivity contribution in [2.45, 2.75) is 52.1 Å². The Labute approximate surface area is 196 Å². The van der Waals surface area contributed by atoms with Crippen LogP contribution in [0.5, 0.6) is 5.75 Å². The zero-order valence-corrected chi connectivity index (χ0v) is 20.0. The van der Waals surface area contributed by atoms with E-state index in [1.54, 1.807) is 19.4 Å². The molecular weight excluding hydrogens is 418 g/mol. The summed E-state index contributed by atoms with van der Waals surface area (Å²) in [5.41, 5.74) is 1.81. The van der Waals surface area contributed by atoms with Gasteiger partial charge in [0.25, 0.3) is 5.91 Å². The molecule has 178 valence electrons. The molecule has 0 saturated heterocycles. The maximum atomic E-state index is 12.7. The smallest absolute Gasteiger partial charge is 0.407 e. The van der Waals surface area contributed by atoms with Crippen molar-refractivity contribution in [1.82, 2.24) is 15.6 Å². The number of rotatable bonds is 7. The lowest BCUT2D eigenvalue weighted by Gasteiger charge is -2.29. The molecule has 0 spiro atoms. The zero-order chi connectivity index (χ0) is 23.8. The van der Waals surface area contributed by atoms with E-state index in [4.69, 9.17) is 9.47 Å². The Morgan fingerprint density at radius 3 is 2.15 bits per heavy atom. The number of methoxy groups -OCH3 is 1. The van der Waals surface area contributed by atoms with Gasteiger partial charge in [0.2, 0.25) is 0 Å². The minimum absolute atomic E-state index is 0.0825. The molecule has 2 aromatic rings. The first-order valence-corrected chi connectivity index (χ1v) is 11.6. The van der Waals surface area contributed by atoms with E-state index < -0.39 is 5.60 Å². The Kier molecular flexibility index (Phi) is 8.31. The number of nitrogens with zero attached hydrogens (tertiary/aromatic N) is 1. The summed E-state index contributed by atoms with van der Waals surface area (Å²) in [6.45, 7) is 6.87. The molecule has 3 rings (SSSR count). The summed E-state index contributed by atoms with van der Waals surface area (Å²) in [6, 6.07) is 11.2. The van der Waals surface area contributed by atoms with Gasteiger partial charge in [0.1, 0.15) is 11.4 Å². The van der Waals surface area contributed by atoms with Gasteiger partial charge in [-0.25, -0.2) is 4.79 Å². The van der Waals surface area contributed by atoms with Crippen LogP contribution in [0.3, 0.4) is 0 Å². The van der Waals surface area contributed by atoms with Crippen LogP contribution in [0.1, 0.15) is 56.8 Å². The van der Waals surface area contributed by atoms with E-state index in [1.807, 2.05) is 51.1 Å². The fourth-order valence-corrected chi connectivity index (χ4v) is 4.01. The van der Waals surface area contributed by atoms with Crippen molar-refractivity contribution in [2.75, 3.05) is 20.2 Å². The van der Waals surface area contributed by atoms with Crippen LogP contribution in [0.25, 0.3) is 11.3 Å². The third kappa shape index (κ3) is 7.77. The molecule has 0 unspecified atom stereocenters. The van der Waals surface area contributed by atoms with E-state index in [1.165, 1.54) is 0 Å². The monoisotopic (exact) mass is 453 g/mol. The molecule has 0 aliphatic heterocycles. The molecule has 0 atom stereocenters. The fourth-order valence-electron chi connectivity index (χ4n) is 4.01. The second-order valence-electron chi connectivity index (χ2n) is 9.64. The minimum atomic E-state index is -0.482. The Morgan fingerprint density at radius 1 is 0.970 bits per heavy atom. The molecule has 7 heteroatoms. The quantitative estimate of drug-likeness (QED) is 0.627. The fraction of sp³-hybridized carbons (Fsp3) is 0.500.